The molecule has 1 fully saturated rings. The molecule has 0 saturated carbocycles. The Labute approximate surface area is 230 Å². The zero-order chi connectivity index (χ0) is 29.0. The number of rotatable bonds is 7. The Hall–Kier alpha value is -4.67. The lowest BCUT2D eigenvalue weighted by Gasteiger charge is -2.36. The van der Waals surface area contributed by atoms with E-state index in [0.717, 1.165) is 23.4 Å². The maximum absolute atomic E-state index is 15.7. The largest absolute Gasteiger partial charge is 0.507 e. The first-order valence-electron chi connectivity index (χ1n) is 12.8. The number of aromatic hydroxyl groups is 1. The molecule has 2 amide bonds. The lowest BCUT2D eigenvalue weighted by Crippen LogP contribution is -2.50. The number of hydrogen-bond donors (Lipinski definition) is 2. The predicted octanol–water partition coefficient (Wildman–Crippen LogP) is 4.54. The molecule has 40 heavy (non-hydrogen) atoms. The molecule has 208 valence electrons. The Balaban J connectivity index is 1.93. The molecular formula is C29H30F2N6O3. The van der Waals surface area contributed by atoms with Gasteiger partial charge in [-0.05, 0) is 48.7 Å². The number of hydrogen-bond acceptors (Lipinski definition) is 6. The molecule has 0 spiro atoms. The van der Waals surface area contributed by atoms with E-state index in [-0.39, 0.29) is 23.2 Å². The minimum absolute atomic E-state index is 0.0239. The number of amidine groups is 1. The van der Waals surface area contributed by atoms with Crippen molar-refractivity contribution in [3.8, 4) is 17.0 Å². The normalized spacial score (nSPS) is 13.9. The van der Waals surface area contributed by atoms with Crippen LogP contribution in [-0.4, -0.2) is 69.2 Å². The minimum atomic E-state index is -0.924. The van der Waals surface area contributed by atoms with E-state index in [2.05, 4.69) is 21.9 Å². The van der Waals surface area contributed by atoms with E-state index in [0.29, 0.717) is 44.1 Å². The first kappa shape index (κ1) is 28.3. The molecule has 0 aliphatic carbocycles. The zero-order valence-electron chi connectivity index (χ0n) is 22.5. The van der Waals surface area contributed by atoms with Gasteiger partial charge in [0.15, 0.2) is 5.82 Å². The van der Waals surface area contributed by atoms with Crippen LogP contribution in [0, 0.1) is 18.6 Å². The van der Waals surface area contributed by atoms with Crippen LogP contribution in [0.5, 0.6) is 5.75 Å². The van der Waals surface area contributed by atoms with Crippen LogP contribution in [0.1, 0.15) is 36.6 Å². The number of carbonyl (C=O) groups excluding carboxylic acids is 2. The van der Waals surface area contributed by atoms with E-state index < -0.39 is 28.6 Å². The van der Waals surface area contributed by atoms with Gasteiger partial charge in [0.1, 0.15) is 28.9 Å². The summed E-state index contributed by atoms with van der Waals surface area (Å²) in [7, 11) is 0. The van der Waals surface area contributed by atoms with Gasteiger partial charge in [0.25, 0.3) is 0 Å². The standard InChI is InChI=1S/C29H30F2N6O3/c1-5-23(40)36-11-13-37(14-12-36)29(35-26-18(4)9-10-32-25(26)17(2)3)19-15-21(31)27(34-28(19)33-16-38)24-20(30)7-6-8-22(24)39/h5-10,15-17,39H,1,11-14H2,2-4H3,(H,33,34,38). The third kappa shape index (κ3) is 5.68. The third-order valence-corrected chi connectivity index (χ3v) is 6.63. The van der Waals surface area contributed by atoms with E-state index in [1.165, 1.54) is 18.2 Å². The van der Waals surface area contributed by atoms with Crippen LogP contribution >= 0.6 is 0 Å². The Morgan fingerprint density at radius 2 is 1.85 bits per heavy atom. The van der Waals surface area contributed by atoms with Gasteiger partial charge in [-0.3, -0.25) is 14.6 Å². The molecule has 0 radical (unpaired) electrons. The highest BCUT2D eigenvalue weighted by Gasteiger charge is 2.28. The van der Waals surface area contributed by atoms with Crippen molar-refractivity contribution < 1.29 is 23.5 Å². The molecule has 0 atom stereocenters. The van der Waals surface area contributed by atoms with Crippen molar-refractivity contribution in [3.63, 3.8) is 0 Å². The molecule has 2 N–H and O–H groups in total. The fourth-order valence-electron chi connectivity index (χ4n) is 4.56. The van der Waals surface area contributed by atoms with Crippen LogP contribution < -0.4 is 5.32 Å². The quantitative estimate of drug-likeness (QED) is 0.194. The van der Waals surface area contributed by atoms with E-state index in [1.54, 1.807) is 11.1 Å². The number of halogens is 2. The smallest absolute Gasteiger partial charge is 0.246 e. The van der Waals surface area contributed by atoms with Crippen LogP contribution in [0.15, 0.2) is 54.2 Å². The SMILES string of the molecule is C=CC(=O)N1CCN(C(=Nc2c(C)ccnc2C(C)C)c2cc(F)c(-c3c(O)cccc3F)nc2NC=O)CC1. The van der Waals surface area contributed by atoms with E-state index >= 15 is 4.39 Å². The second-order valence-electron chi connectivity index (χ2n) is 9.58. The molecule has 3 aromatic rings. The minimum Gasteiger partial charge on any atom is -0.507 e. The number of phenolic OH excluding ortho intramolecular Hbond substituents is 1. The number of carbonyl (C=O) groups is 2. The summed E-state index contributed by atoms with van der Waals surface area (Å²) in [5.74, 6) is -2.26. The van der Waals surface area contributed by atoms with Crippen LogP contribution in [0.25, 0.3) is 11.3 Å². The van der Waals surface area contributed by atoms with E-state index in [1.807, 2.05) is 31.7 Å². The van der Waals surface area contributed by atoms with Crippen molar-refractivity contribution in [2.24, 2.45) is 4.99 Å². The molecular weight excluding hydrogens is 518 g/mol. The van der Waals surface area contributed by atoms with Crippen LogP contribution in [0.4, 0.5) is 20.3 Å². The Bertz CT molecular complexity index is 1460. The number of aliphatic imine (C=N–C) groups is 1. The lowest BCUT2D eigenvalue weighted by atomic mass is 10.0. The molecule has 9 nitrogen and oxygen atoms in total. The summed E-state index contributed by atoms with van der Waals surface area (Å²) in [4.78, 5) is 41.0. The van der Waals surface area contributed by atoms with Crippen molar-refractivity contribution in [1.82, 2.24) is 19.8 Å². The molecule has 1 saturated heterocycles. The number of anilines is 1. The van der Waals surface area contributed by atoms with Crippen LogP contribution in [0.2, 0.25) is 0 Å². The summed E-state index contributed by atoms with van der Waals surface area (Å²) in [6, 6.07) is 6.51. The molecule has 3 heterocycles. The number of pyridine rings is 2. The first-order valence-corrected chi connectivity index (χ1v) is 12.8. The Morgan fingerprint density at radius 3 is 2.48 bits per heavy atom. The molecule has 11 heteroatoms. The fourth-order valence-corrected chi connectivity index (χ4v) is 4.56. The highest BCUT2D eigenvalue weighted by molar-refractivity contribution is 6.06. The summed E-state index contributed by atoms with van der Waals surface area (Å²) < 4.78 is 30.3. The summed E-state index contributed by atoms with van der Waals surface area (Å²) >= 11 is 0. The first-order chi connectivity index (χ1) is 19.2. The number of nitrogens with one attached hydrogen (secondary N) is 1. The highest BCUT2D eigenvalue weighted by atomic mass is 19.1. The summed E-state index contributed by atoms with van der Waals surface area (Å²) in [5.41, 5.74) is 1.40. The van der Waals surface area contributed by atoms with E-state index in [4.69, 9.17) is 4.99 Å². The summed E-state index contributed by atoms with van der Waals surface area (Å²) in [6.45, 7) is 10.8. The fraction of sp³-hybridized carbons (Fsp3) is 0.276. The second kappa shape index (κ2) is 12.0. The number of aryl methyl sites for hydroxylation is 1. The molecule has 4 rings (SSSR count). The van der Waals surface area contributed by atoms with Gasteiger partial charge in [0, 0.05) is 32.4 Å². The average molecular weight is 549 g/mol. The van der Waals surface area contributed by atoms with Gasteiger partial charge in [-0.2, -0.15) is 0 Å². The maximum atomic E-state index is 15.7. The van der Waals surface area contributed by atoms with Gasteiger partial charge in [0.05, 0.1) is 22.5 Å². The van der Waals surface area contributed by atoms with Crippen molar-refractivity contribution in [1.29, 1.82) is 0 Å². The van der Waals surface area contributed by atoms with Crippen molar-refractivity contribution in [2.45, 2.75) is 26.7 Å². The monoisotopic (exact) mass is 548 g/mol. The van der Waals surface area contributed by atoms with Gasteiger partial charge in [-0.25, -0.2) is 18.8 Å². The average Bonchev–Trinajstić information content (AvgIpc) is 2.93. The number of amides is 2. The topological polar surface area (TPSA) is 111 Å². The summed E-state index contributed by atoms with van der Waals surface area (Å²) in [5, 5.41) is 12.7. The Morgan fingerprint density at radius 1 is 1.15 bits per heavy atom. The molecule has 0 unspecified atom stereocenters. The van der Waals surface area contributed by atoms with Gasteiger partial charge in [0.2, 0.25) is 12.3 Å². The lowest BCUT2D eigenvalue weighted by molar-refractivity contribution is -0.127. The Kier molecular flexibility index (Phi) is 8.52. The van der Waals surface area contributed by atoms with Gasteiger partial charge >= 0.3 is 0 Å². The number of phenols is 1. The van der Waals surface area contributed by atoms with E-state index in [9.17, 15) is 19.1 Å². The van der Waals surface area contributed by atoms with Crippen molar-refractivity contribution in [3.05, 3.63) is 77.6 Å². The highest BCUT2D eigenvalue weighted by Crippen LogP contribution is 2.35. The molecule has 1 aliphatic rings. The number of nitrogens with zero attached hydrogens (tertiary/aromatic N) is 5. The van der Waals surface area contributed by atoms with Gasteiger partial charge in [-0.15, -0.1) is 0 Å². The van der Waals surface area contributed by atoms with Crippen molar-refractivity contribution in [2.75, 3.05) is 31.5 Å². The van der Waals surface area contributed by atoms with Gasteiger partial charge in [-0.1, -0.05) is 26.5 Å². The maximum Gasteiger partial charge on any atom is 0.246 e. The van der Waals surface area contributed by atoms with Crippen LogP contribution in [0.3, 0.4) is 0 Å². The van der Waals surface area contributed by atoms with Crippen molar-refractivity contribution >= 4 is 29.7 Å². The number of aromatic nitrogens is 2. The van der Waals surface area contributed by atoms with Gasteiger partial charge < -0.3 is 20.2 Å². The molecule has 0 bridgehead atoms. The summed E-state index contributed by atoms with van der Waals surface area (Å²) in [6.07, 6.45) is 3.32. The predicted molar refractivity (Wildman–Crippen MR) is 149 cm³/mol. The second-order valence-corrected chi connectivity index (χ2v) is 9.58. The zero-order valence-corrected chi connectivity index (χ0v) is 22.5. The molecule has 1 aliphatic heterocycles. The molecule has 2 aromatic heterocycles. The third-order valence-electron chi connectivity index (χ3n) is 6.63. The number of benzene rings is 1. The molecule has 1 aromatic carbocycles. The number of piperazine rings is 1. The van der Waals surface area contributed by atoms with Crippen LogP contribution in [-0.2, 0) is 9.59 Å².